The molecule has 0 saturated carbocycles. The fraction of sp³-hybridized carbons (Fsp3) is 0. The van der Waals surface area contributed by atoms with E-state index in [0.29, 0.717) is 16.9 Å². The average molecular weight is 356 g/mol. The predicted molar refractivity (Wildman–Crippen MR) is 113 cm³/mol. The molecule has 0 aliphatic carbocycles. The van der Waals surface area contributed by atoms with Crippen LogP contribution in [0.15, 0.2) is 109 Å². The highest BCUT2D eigenvalue weighted by Gasteiger charge is 2.36. The van der Waals surface area contributed by atoms with Gasteiger partial charge in [-0.2, -0.15) is 0 Å². The highest BCUT2D eigenvalue weighted by molar-refractivity contribution is 6.84. The molecule has 0 fully saturated rings. The van der Waals surface area contributed by atoms with Crippen LogP contribution in [0.2, 0.25) is 0 Å². The Morgan fingerprint density at radius 1 is 0.667 bits per heavy atom. The van der Waals surface area contributed by atoms with E-state index >= 15 is 0 Å². The Kier molecular flexibility index (Phi) is 2.22. The zero-order valence-corrected chi connectivity index (χ0v) is 14.1. The highest BCUT2D eigenvalue weighted by Crippen LogP contribution is 2.35. The number of anilines is 3. The van der Waals surface area contributed by atoms with Gasteiger partial charge >= 0.3 is 6.92 Å². The molecule has 0 saturated heterocycles. The first kappa shape index (κ1) is 8.96. The SMILES string of the molecule is [2H]c1c([2H])c([2H])c(N2c3ccccc3B(Oc3ccccc3)c3c([2H])c([2H])c([2H])c([2H])c32)c([2H])c1[2H]. The molecule has 0 bridgehead atoms. The normalized spacial score (nSPS) is 17.0. The van der Waals surface area contributed by atoms with Gasteiger partial charge in [-0.1, -0.05) is 72.7 Å². The van der Waals surface area contributed by atoms with Crippen LogP contribution in [0.5, 0.6) is 5.75 Å². The zero-order valence-electron chi connectivity index (χ0n) is 23.1. The molecule has 2 nitrogen and oxygen atoms in total. The molecule has 0 unspecified atom stereocenters. The summed E-state index contributed by atoms with van der Waals surface area (Å²) in [6.45, 7) is -0.944. The van der Waals surface area contributed by atoms with Gasteiger partial charge in [-0.3, -0.25) is 0 Å². The van der Waals surface area contributed by atoms with Gasteiger partial charge < -0.3 is 9.55 Å². The summed E-state index contributed by atoms with van der Waals surface area (Å²) in [6.07, 6.45) is 0. The van der Waals surface area contributed by atoms with E-state index in [1.54, 1.807) is 48.5 Å². The first-order chi connectivity index (χ1) is 17.1. The highest BCUT2D eigenvalue weighted by atomic mass is 16.4. The molecule has 1 aliphatic heterocycles. The lowest BCUT2D eigenvalue weighted by atomic mass is 9.52. The third kappa shape index (κ3) is 2.78. The van der Waals surface area contributed by atoms with Crippen molar-refractivity contribution in [3.8, 4) is 5.75 Å². The smallest absolute Gasteiger partial charge is 0.430 e. The third-order valence-corrected chi connectivity index (χ3v) is 4.35. The Hall–Kier alpha value is -3.46. The molecular weight excluding hydrogens is 329 g/mol. The minimum Gasteiger partial charge on any atom is -0.551 e. The van der Waals surface area contributed by atoms with Crippen molar-refractivity contribution < 1.29 is 17.0 Å². The minimum atomic E-state index is -0.944. The van der Waals surface area contributed by atoms with Crippen molar-refractivity contribution in [1.82, 2.24) is 0 Å². The zero-order chi connectivity index (χ0) is 25.9. The van der Waals surface area contributed by atoms with E-state index in [1.807, 2.05) is 6.07 Å². The number of nitrogens with zero attached hydrogens (tertiary/aromatic N) is 1. The Bertz CT molecular complexity index is 1500. The van der Waals surface area contributed by atoms with Crippen LogP contribution in [0.3, 0.4) is 0 Å². The fourth-order valence-electron chi connectivity index (χ4n) is 3.22. The average Bonchev–Trinajstić information content (AvgIpc) is 2.89. The molecule has 0 amide bonds. The maximum absolute atomic E-state index is 8.75. The second kappa shape index (κ2) is 6.69. The molecule has 0 atom stereocenters. The quantitative estimate of drug-likeness (QED) is 0.495. The molecule has 0 aromatic heterocycles. The summed E-state index contributed by atoms with van der Waals surface area (Å²) >= 11 is 0. The monoisotopic (exact) mass is 356 g/mol. The van der Waals surface area contributed by atoms with E-state index < -0.39 is 55.3 Å². The molecule has 3 heteroatoms. The lowest BCUT2D eigenvalue weighted by molar-refractivity contribution is 0.591. The summed E-state index contributed by atoms with van der Waals surface area (Å²) < 4.78 is 81.8. The number of hydrogen-bond acceptors (Lipinski definition) is 2. The van der Waals surface area contributed by atoms with Crippen LogP contribution in [-0.2, 0) is 0 Å². The van der Waals surface area contributed by atoms with Gasteiger partial charge in [0.25, 0.3) is 0 Å². The molecule has 0 spiro atoms. The molecule has 0 radical (unpaired) electrons. The molecule has 128 valence electrons. The van der Waals surface area contributed by atoms with Crippen molar-refractivity contribution >= 4 is 34.9 Å². The largest absolute Gasteiger partial charge is 0.551 e. The maximum atomic E-state index is 8.75. The maximum Gasteiger partial charge on any atom is 0.430 e. The Labute approximate surface area is 172 Å². The van der Waals surface area contributed by atoms with Gasteiger partial charge in [0.05, 0.1) is 18.1 Å². The molecule has 0 N–H and O–H groups in total. The van der Waals surface area contributed by atoms with Crippen molar-refractivity contribution in [1.29, 1.82) is 0 Å². The first-order valence-corrected chi connectivity index (χ1v) is 8.43. The lowest BCUT2D eigenvalue weighted by Gasteiger charge is -2.36. The van der Waals surface area contributed by atoms with E-state index in [2.05, 4.69) is 0 Å². The van der Waals surface area contributed by atoms with Crippen LogP contribution >= 0.6 is 0 Å². The predicted octanol–water partition coefficient (Wildman–Crippen LogP) is 4.65. The fourth-order valence-corrected chi connectivity index (χ4v) is 3.22. The van der Waals surface area contributed by atoms with Crippen LogP contribution in [0, 0.1) is 0 Å². The molecule has 1 aliphatic rings. The first-order valence-electron chi connectivity index (χ1n) is 12.9. The van der Waals surface area contributed by atoms with Gasteiger partial charge in [0.1, 0.15) is 0 Å². The number of benzene rings is 4. The van der Waals surface area contributed by atoms with Crippen molar-refractivity contribution in [2.75, 3.05) is 4.90 Å². The van der Waals surface area contributed by atoms with Crippen LogP contribution < -0.4 is 20.5 Å². The van der Waals surface area contributed by atoms with Crippen molar-refractivity contribution in [3.63, 3.8) is 0 Å². The molecule has 4 aromatic carbocycles. The molecule has 27 heavy (non-hydrogen) atoms. The van der Waals surface area contributed by atoms with E-state index in [4.69, 9.17) is 17.0 Å². The lowest BCUT2D eigenvalue weighted by Crippen LogP contribution is -2.53. The van der Waals surface area contributed by atoms with E-state index in [1.165, 1.54) is 4.90 Å². The summed E-state index contributed by atoms with van der Waals surface area (Å²) in [7, 11) is 0. The summed E-state index contributed by atoms with van der Waals surface area (Å²) in [5, 5.41) is 0. The van der Waals surface area contributed by atoms with Gasteiger partial charge in [0.2, 0.25) is 0 Å². The number of fused-ring (bicyclic) bond motifs is 2. The Morgan fingerprint density at radius 3 is 2.22 bits per heavy atom. The molecule has 1 heterocycles. The number of hydrogen-bond donors (Lipinski definition) is 0. The van der Waals surface area contributed by atoms with E-state index in [0.717, 1.165) is 0 Å². The summed E-state index contributed by atoms with van der Waals surface area (Å²) in [5.74, 6) is 0.479. The third-order valence-electron chi connectivity index (χ3n) is 4.35. The van der Waals surface area contributed by atoms with E-state index in [-0.39, 0.29) is 22.9 Å². The van der Waals surface area contributed by atoms with Crippen LogP contribution in [0.4, 0.5) is 17.1 Å². The van der Waals surface area contributed by atoms with Gasteiger partial charge in [-0.05, 0) is 47.3 Å². The number of rotatable bonds is 3. The van der Waals surface area contributed by atoms with Crippen molar-refractivity contribution in [2.24, 2.45) is 0 Å². The Morgan fingerprint density at radius 2 is 1.37 bits per heavy atom. The summed E-state index contributed by atoms with van der Waals surface area (Å²) in [6, 6.07) is 11.4. The second-order valence-corrected chi connectivity index (χ2v) is 5.94. The minimum absolute atomic E-state index is 0.0286. The summed E-state index contributed by atoms with van der Waals surface area (Å²) in [4.78, 5) is 1.33. The van der Waals surface area contributed by atoms with Crippen LogP contribution in [-0.4, -0.2) is 6.92 Å². The van der Waals surface area contributed by atoms with Gasteiger partial charge in [0.15, 0.2) is 0 Å². The second-order valence-electron chi connectivity index (χ2n) is 5.94. The van der Waals surface area contributed by atoms with Crippen molar-refractivity contribution in [3.05, 3.63) is 109 Å². The van der Waals surface area contributed by atoms with Gasteiger partial charge in [0, 0.05) is 17.1 Å². The van der Waals surface area contributed by atoms with E-state index in [9.17, 15) is 0 Å². The standard InChI is InChI=1S/C24H18BNO/c1-3-11-19(12-4-1)26-23-17-9-7-15-21(23)25(22-16-8-10-18-24(22)26)27-20-13-5-2-6-14-20/h1-18H/i1D,3D,4D,7D,9D,11D,12D,15D,17D. The van der Waals surface area contributed by atoms with Crippen LogP contribution in [0.25, 0.3) is 0 Å². The molecule has 5 rings (SSSR count). The van der Waals surface area contributed by atoms with Crippen LogP contribution in [0.1, 0.15) is 12.3 Å². The molecular formula is C24H18BNO. The van der Waals surface area contributed by atoms with Gasteiger partial charge in [-0.15, -0.1) is 0 Å². The Balaban J connectivity index is 1.90. The summed E-state index contributed by atoms with van der Waals surface area (Å²) in [5.41, 5.74) is 0.771. The van der Waals surface area contributed by atoms with Gasteiger partial charge in [-0.25, -0.2) is 0 Å². The molecule has 4 aromatic rings. The topological polar surface area (TPSA) is 12.5 Å². The van der Waals surface area contributed by atoms with Crippen molar-refractivity contribution in [2.45, 2.75) is 0 Å². The number of para-hydroxylation sites is 4.